The van der Waals surface area contributed by atoms with E-state index < -0.39 is 0 Å². The van der Waals surface area contributed by atoms with Crippen LogP contribution in [0.3, 0.4) is 0 Å². The van der Waals surface area contributed by atoms with Gasteiger partial charge in [-0.25, -0.2) is 0 Å². The molecule has 1 heterocycles. The molecule has 0 aromatic heterocycles. The van der Waals surface area contributed by atoms with Gasteiger partial charge in [-0.15, -0.1) is 0 Å². The summed E-state index contributed by atoms with van der Waals surface area (Å²) in [5.74, 6) is 3.32. The second-order valence-corrected chi connectivity index (χ2v) is 11.2. The lowest BCUT2D eigenvalue weighted by Crippen LogP contribution is -2.58. The molecule has 158 valence electrons. The van der Waals surface area contributed by atoms with Crippen LogP contribution in [0.15, 0.2) is 0 Å². The molecule has 5 fully saturated rings. The van der Waals surface area contributed by atoms with E-state index in [1.807, 2.05) is 0 Å². The molecular formula is C24H38O4. The van der Waals surface area contributed by atoms with E-state index in [2.05, 4.69) is 20.8 Å². The quantitative estimate of drug-likeness (QED) is 0.594. The summed E-state index contributed by atoms with van der Waals surface area (Å²) < 4.78 is 18.2. The van der Waals surface area contributed by atoms with Gasteiger partial charge in [-0.3, -0.25) is 4.79 Å². The lowest BCUT2D eigenvalue weighted by Gasteiger charge is -2.63. The zero-order valence-corrected chi connectivity index (χ0v) is 18.2. The summed E-state index contributed by atoms with van der Waals surface area (Å²) in [6.45, 7) is 10.6. The van der Waals surface area contributed by atoms with Crippen LogP contribution in [0, 0.1) is 40.4 Å². The molecule has 1 aliphatic heterocycles. The van der Waals surface area contributed by atoms with E-state index in [4.69, 9.17) is 14.2 Å². The van der Waals surface area contributed by atoms with Gasteiger partial charge in [0.05, 0.1) is 13.2 Å². The smallest absolute Gasteiger partial charge is 0.302 e. The fourth-order valence-corrected chi connectivity index (χ4v) is 8.93. The Kier molecular flexibility index (Phi) is 4.45. The summed E-state index contributed by atoms with van der Waals surface area (Å²) >= 11 is 0. The lowest BCUT2D eigenvalue weighted by atomic mass is 9.43. The molecule has 8 atom stereocenters. The number of ether oxygens (including phenoxy) is 3. The summed E-state index contributed by atoms with van der Waals surface area (Å²) in [7, 11) is 0. The molecule has 0 N–H and O–H groups in total. The van der Waals surface area contributed by atoms with Crippen molar-refractivity contribution in [3.8, 4) is 0 Å². The number of hydrogen-bond acceptors (Lipinski definition) is 4. The normalized spacial score (nSPS) is 52.0. The van der Waals surface area contributed by atoms with Crippen LogP contribution in [0.4, 0.5) is 0 Å². The molecule has 5 rings (SSSR count). The van der Waals surface area contributed by atoms with Gasteiger partial charge < -0.3 is 14.2 Å². The van der Waals surface area contributed by atoms with Gasteiger partial charge in [0.15, 0.2) is 5.79 Å². The molecule has 4 saturated carbocycles. The minimum Gasteiger partial charge on any atom is -0.463 e. The van der Waals surface area contributed by atoms with Crippen molar-refractivity contribution in [1.82, 2.24) is 0 Å². The number of carbonyl (C=O) groups is 1. The Labute approximate surface area is 170 Å². The van der Waals surface area contributed by atoms with Crippen LogP contribution in [0.5, 0.6) is 0 Å². The van der Waals surface area contributed by atoms with Crippen LogP contribution in [-0.2, 0) is 19.0 Å². The molecule has 4 nitrogen and oxygen atoms in total. The van der Waals surface area contributed by atoms with Crippen LogP contribution in [-0.4, -0.2) is 31.1 Å². The fraction of sp³-hybridized carbons (Fsp3) is 0.958. The number of carbonyl (C=O) groups excluding carboxylic acids is 1. The van der Waals surface area contributed by atoms with E-state index in [0.29, 0.717) is 17.3 Å². The first-order valence-electron chi connectivity index (χ1n) is 11.7. The molecule has 1 saturated heterocycles. The molecule has 1 spiro atoms. The molecule has 28 heavy (non-hydrogen) atoms. The summed E-state index contributed by atoms with van der Waals surface area (Å²) in [5.41, 5.74) is 0.579. The second kappa shape index (κ2) is 6.44. The maximum absolute atomic E-state index is 11.5. The molecule has 0 radical (unpaired) electrons. The van der Waals surface area contributed by atoms with Crippen molar-refractivity contribution in [2.24, 2.45) is 40.4 Å². The van der Waals surface area contributed by atoms with E-state index in [-0.39, 0.29) is 23.3 Å². The Morgan fingerprint density at radius 3 is 2.36 bits per heavy atom. The highest BCUT2D eigenvalue weighted by molar-refractivity contribution is 5.66. The van der Waals surface area contributed by atoms with Crippen LogP contribution in [0.2, 0.25) is 0 Å². The third kappa shape index (κ3) is 2.52. The van der Waals surface area contributed by atoms with E-state index in [0.717, 1.165) is 50.2 Å². The first kappa shape index (κ1) is 19.4. The predicted octanol–water partition coefficient (Wildman–Crippen LogP) is 4.95. The SMILES string of the molecule is CC(=O)OC1CCC2(C)C(C1)C(C)CC1C2CCC2(C)C1CCC21OCCO1. The predicted molar refractivity (Wildman–Crippen MR) is 106 cm³/mol. The topological polar surface area (TPSA) is 44.8 Å². The standard InChI is InChI=1S/C24H38O4/c1-15-13-18-19(22(3)8-5-17(14-21(15)22)28-16(2)25)6-9-23(4)20(18)7-10-24(23)26-11-12-27-24/h15,17-21H,5-14H2,1-4H3. The van der Waals surface area contributed by atoms with Crippen LogP contribution in [0.25, 0.3) is 0 Å². The molecular weight excluding hydrogens is 352 g/mol. The monoisotopic (exact) mass is 390 g/mol. The molecule has 4 aliphatic carbocycles. The fourth-order valence-electron chi connectivity index (χ4n) is 8.93. The van der Waals surface area contributed by atoms with Crippen LogP contribution in [0.1, 0.15) is 79.1 Å². The maximum atomic E-state index is 11.5. The van der Waals surface area contributed by atoms with Gasteiger partial charge >= 0.3 is 5.97 Å². The van der Waals surface area contributed by atoms with Crippen molar-refractivity contribution in [2.75, 3.05) is 13.2 Å². The molecule has 8 unspecified atom stereocenters. The Morgan fingerprint density at radius 1 is 0.929 bits per heavy atom. The minimum atomic E-state index is -0.295. The van der Waals surface area contributed by atoms with Gasteiger partial charge in [-0.2, -0.15) is 0 Å². The van der Waals surface area contributed by atoms with Gasteiger partial charge in [-0.05, 0) is 80.0 Å². The van der Waals surface area contributed by atoms with Gasteiger partial charge in [-0.1, -0.05) is 20.8 Å². The molecule has 4 heteroatoms. The highest BCUT2D eigenvalue weighted by atomic mass is 16.7. The van der Waals surface area contributed by atoms with Gasteiger partial charge in [0.25, 0.3) is 0 Å². The van der Waals surface area contributed by atoms with Gasteiger partial charge in [0.1, 0.15) is 6.10 Å². The molecule has 0 amide bonds. The van der Waals surface area contributed by atoms with Crippen LogP contribution < -0.4 is 0 Å². The Bertz CT molecular complexity index is 641. The Hall–Kier alpha value is -0.610. The number of esters is 1. The van der Waals surface area contributed by atoms with Gasteiger partial charge in [0, 0.05) is 18.8 Å². The third-order valence-electron chi connectivity index (χ3n) is 10.1. The van der Waals surface area contributed by atoms with Crippen molar-refractivity contribution >= 4 is 5.97 Å². The van der Waals surface area contributed by atoms with E-state index in [9.17, 15) is 4.79 Å². The van der Waals surface area contributed by atoms with Gasteiger partial charge in [0.2, 0.25) is 0 Å². The molecule has 0 aromatic carbocycles. The zero-order chi connectivity index (χ0) is 19.7. The van der Waals surface area contributed by atoms with Crippen molar-refractivity contribution in [3.05, 3.63) is 0 Å². The highest BCUT2D eigenvalue weighted by Gasteiger charge is 2.67. The highest BCUT2D eigenvalue weighted by Crippen LogP contribution is 2.70. The number of rotatable bonds is 1. The average molecular weight is 391 g/mol. The second-order valence-electron chi connectivity index (χ2n) is 11.2. The van der Waals surface area contributed by atoms with E-state index >= 15 is 0 Å². The first-order valence-corrected chi connectivity index (χ1v) is 11.7. The summed E-state index contributed by atoms with van der Waals surface area (Å²) in [5, 5.41) is 0. The minimum absolute atomic E-state index is 0.115. The van der Waals surface area contributed by atoms with E-state index in [1.165, 1.54) is 32.1 Å². The molecule has 5 aliphatic rings. The van der Waals surface area contributed by atoms with Crippen molar-refractivity contribution < 1.29 is 19.0 Å². The van der Waals surface area contributed by atoms with Crippen molar-refractivity contribution in [2.45, 2.75) is 91.0 Å². The van der Waals surface area contributed by atoms with E-state index in [1.54, 1.807) is 6.92 Å². The average Bonchev–Trinajstić information content (AvgIpc) is 3.23. The van der Waals surface area contributed by atoms with Crippen molar-refractivity contribution in [3.63, 3.8) is 0 Å². The first-order chi connectivity index (χ1) is 13.3. The zero-order valence-electron chi connectivity index (χ0n) is 18.2. The third-order valence-corrected chi connectivity index (χ3v) is 10.1. The molecule has 0 aromatic rings. The summed E-state index contributed by atoms with van der Waals surface area (Å²) in [4.78, 5) is 11.5. The number of hydrogen-bond donors (Lipinski definition) is 0. The Balaban J connectivity index is 1.41. The van der Waals surface area contributed by atoms with Crippen molar-refractivity contribution in [1.29, 1.82) is 0 Å². The maximum Gasteiger partial charge on any atom is 0.302 e. The summed E-state index contributed by atoms with van der Waals surface area (Å²) in [6, 6.07) is 0. The molecule has 0 bridgehead atoms. The van der Waals surface area contributed by atoms with Crippen LogP contribution >= 0.6 is 0 Å². The number of fused-ring (bicyclic) bond motifs is 6. The largest absolute Gasteiger partial charge is 0.463 e. The Morgan fingerprint density at radius 2 is 1.64 bits per heavy atom. The summed E-state index contributed by atoms with van der Waals surface area (Å²) in [6.07, 6.45) is 9.68. The lowest BCUT2D eigenvalue weighted by molar-refractivity contribution is -0.250.